The van der Waals surface area contributed by atoms with E-state index in [2.05, 4.69) is 4.72 Å². The Kier molecular flexibility index (Phi) is 4.62. The van der Waals surface area contributed by atoms with Crippen LogP contribution in [0.25, 0.3) is 0 Å². The van der Waals surface area contributed by atoms with Crippen LogP contribution in [0.3, 0.4) is 0 Å². The van der Waals surface area contributed by atoms with E-state index in [0.29, 0.717) is 0 Å². The van der Waals surface area contributed by atoms with Crippen LogP contribution in [0.2, 0.25) is 0 Å². The minimum atomic E-state index is -3.96. The van der Waals surface area contributed by atoms with Gasteiger partial charge in [-0.3, -0.25) is 8.93 Å². The zero-order valence-electron chi connectivity index (χ0n) is 11.8. The van der Waals surface area contributed by atoms with E-state index >= 15 is 0 Å². The molecule has 0 saturated heterocycles. The van der Waals surface area contributed by atoms with Gasteiger partial charge in [0.2, 0.25) is 0 Å². The molecule has 0 aliphatic rings. The molecule has 2 rings (SSSR count). The number of halogens is 2. The van der Waals surface area contributed by atoms with Crippen LogP contribution in [-0.2, 0) is 20.8 Å². The van der Waals surface area contributed by atoms with Gasteiger partial charge in [-0.25, -0.2) is 17.2 Å². The maximum atomic E-state index is 13.7. The Morgan fingerprint density at radius 2 is 1.73 bits per heavy atom. The van der Waals surface area contributed by atoms with Crippen molar-refractivity contribution in [1.29, 1.82) is 0 Å². The fourth-order valence-corrected chi connectivity index (χ4v) is 3.52. The zero-order chi connectivity index (χ0) is 16.5. The Hall–Kier alpha value is -1.80. The van der Waals surface area contributed by atoms with Gasteiger partial charge in [0, 0.05) is 6.26 Å². The second-order valence-electron chi connectivity index (χ2n) is 4.62. The molecular weight excluding hydrogens is 332 g/mol. The number of sulfonamides is 1. The highest BCUT2D eigenvalue weighted by atomic mass is 32.2. The standard InChI is InChI=1S/C14H13F2NO3S2/c1-9-7-11(4-5-12(9)15)22(19,20)17-10-3-6-14(21(2)18)13(16)8-10/h3-8,17H,1-2H3. The number of hydrogen-bond acceptors (Lipinski definition) is 3. The first kappa shape index (κ1) is 16.6. The summed E-state index contributed by atoms with van der Waals surface area (Å²) in [7, 11) is -5.47. The van der Waals surface area contributed by atoms with E-state index in [4.69, 9.17) is 0 Å². The number of nitrogens with one attached hydrogen (secondary N) is 1. The SMILES string of the molecule is Cc1cc(S(=O)(=O)Nc2ccc(S(C)=O)c(F)c2)ccc1F. The van der Waals surface area contributed by atoms with E-state index in [1.54, 1.807) is 0 Å². The van der Waals surface area contributed by atoms with Crippen LogP contribution >= 0.6 is 0 Å². The van der Waals surface area contributed by atoms with Crippen LogP contribution in [-0.4, -0.2) is 18.9 Å². The fraction of sp³-hybridized carbons (Fsp3) is 0.143. The smallest absolute Gasteiger partial charge is 0.261 e. The summed E-state index contributed by atoms with van der Waals surface area (Å²) < 4.78 is 64.7. The number of anilines is 1. The van der Waals surface area contributed by atoms with Crippen LogP contribution in [0.5, 0.6) is 0 Å². The molecule has 0 spiro atoms. The van der Waals surface area contributed by atoms with Gasteiger partial charge in [0.1, 0.15) is 11.6 Å². The molecule has 1 atom stereocenters. The van der Waals surface area contributed by atoms with Gasteiger partial charge >= 0.3 is 0 Å². The molecule has 0 saturated carbocycles. The van der Waals surface area contributed by atoms with Gasteiger partial charge in [0.15, 0.2) is 0 Å². The van der Waals surface area contributed by atoms with E-state index in [1.165, 1.54) is 31.4 Å². The van der Waals surface area contributed by atoms with Crippen molar-refractivity contribution in [3.63, 3.8) is 0 Å². The van der Waals surface area contributed by atoms with Crippen molar-refractivity contribution >= 4 is 26.5 Å². The molecule has 2 aromatic carbocycles. The van der Waals surface area contributed by atoms with Gasteiger partial charge in [-0.05, 0) is 48.9 Å². The van der Waals surface area contributed by atoms with Crippen LogP contribution in [0.4, 0.5) is 14.5 Å². The third-order valence-corrected chi connectivity index (χ3v) is 5.26. The summed E-state index contributed by atoms with van der Waals surface area (Å²) in [5.74, 6) is -1.28. The van der Waals surface area contributed by atoms with E-state index in [9.17, 15) is 21.4 Å². The lowest BCUT2D eigenvalue weighted by atomic mass is 10.2. The molecule has 0 bridgehead atoms. The van der Waals surface area contributed by atoms with Gasteiger partial charge in [0.25, 0.3) is 10.0 Å². The maximum Gasteiger partial charge on any atom is 0.261 e. The third kappa shape index (κ3) is 3.50. The highest BCUT2D eigenvalue weighted by Crippen LogP contribution is 2.21. The third-order valence-electron chi connectivity index (χ3n) is 2.93. The number of benzene rings is 2. The van der Waals surface area contributed by atoms with Gasteiger partial charge in [-0.1, -0.05) is 0 Å². The van der Waals surface area contributed by atoms with Crippen molar-refractivity contribution < 1.29 is 21.4 Å². The second kappa shape index (κ2) is 6.13. The van der Waals surface area contributed by atoms with Crippen molar-refractivity contribution in [3.05, 3.63) is 53.6 Å². The highest BCUT2D eigenvalue weighted by molar-refractivity contribution is 7.92. The molecule has 0 aliphatic heterocycles. The molecule has 1 unspecified atom stereocenters. The largest absolute Gasteiger partial charge is 0.280 e. The Labute approximate surface area is 129 Å². The molecule has 1 N–H and O–H groups in total. The van der Waals surface area contributed by atoms with Gasteiger partial charge in [-0.2, -0.15) is 0 Å². The molecule has 0 aromatic heterocycles. The van der Waals surface area contributed by atoms with Crippen molar-refractivity contribution in [3.8, 4) is 0 Å². The lowest BCUT2D eigenvalue weighted by Gasteiger charge is -2.10. The van der Waals surface area contributed by atoms with Gasteiger partial charge in [0.05, 0.1) is 26.3 Å². The topological polar surface area (TPSA) is 63.2 Å². The molecule has 0 amide bonds. The molecule has 22 heavy (non-hydrogen) atoms. The zero-order valence-corrected chi connectivity index (χ0v) is 13.4. The van der Waals surface area contributed by atoms with Gasteiger partial charge in [-0.15, -0.1) is 0 Å². The first-order chi connectivity index (χ1) is 10.2. The molecule has 2 aromatic rings. The Morgan fingerprint density at radius 3 is 2.27 bits per heavy atom. The Balaban J connectivity index is 2.34. The monoisotopic (exact) mass is 345 g/mol. The van der Waals surface area contributed by atoms with Crippen molar-refractivity contribution in [1.82, 2.24) is 0 Å². The molecule has 0 heterocycles. The minimum Gasteiger partial charge on any atom is -0.280 e. The minimum absolute atomic E-state index is 0.00585. The predicted octanol–water partition coefficient (Wildman–Crippen LogP) is 2.81. The van der Waals surface area contributed by atoms with Crippen LogP contribution in [0.1, 0.15) is 5.56 Å². The molecule has 0 aliphatic carbocycles. The normalized spacial score (nSPS) is 12.9. The Morgan fingerprint density at radius 1 is 1.05 bits per heavy atom. The average Bonchev–Trinajstić information content (AvgIpc) is 2.40. The summed E-state index contributed by atoms with van der Waals surface area (Å²) in [4.78, 5) is -0.143. The molecule has 8 heteroatoms. The summed E-state index contributed by atoms with van der Waals surface area (Å²) in [5.41, 5.74) is 0.180. The van der Waals surface area contributed by atoms with Crippen LogP contribution in [0.15, 0.2) is 46.2 Å². The summed E-state index contributed by atoms with van der Waals surface area (Å²) >= 11 is 0. The predicted molar refractivity (Wildman–Crippen MR) is 80.7 cm³/mol. The summed E-state index contributed by atoms with van der Waals surface area (Å²) in [6.45, 7) is 1.44. The first-order valence-electron chi connectivity index (χ1n) is 6.12. The van der Waals surface area contributed by atoms with Crippen LogP contribution < -0.4 is 4.72 Å². The molecular formula is C14H13F2NO3S2. The highest BCUT2D eigenvalue weighted by Gasteiger charge is 2.16. The lowest BCUT2D eigenvalue weighted by Crippen LogP contribution is -2.13. The number of aryl methyl sites for hydroxylation is 1. The number of hydrogen-bond donors (Lipinski definition) is 1. The Bertz CT molecular complexity index is 851. The average molecular weight is 345 g/mol. The summed E-state index contributed by atoms with van der Waals surface area (Å²) in [6.07, 6.45) is 1.32. The first-order valence-corrected chi connectivity index (χ1v) is 9.17. The van der Waals surface area contributed by atoms with Crippen LogP contribution in [0, 0.1) is 18.6 Å². The van der Waals surface area contributed by atoms with Crippen molar-refractivity contribution in [2.24, 2.45) is 0 Å². The van der Waals surface area contributed by atoms with Gasteiger partial charge < -0.3 is 0 Å². The second-order valence-corrected chi connectivity index (χ2v) is 7.65. The van der Waals surface area contributed by atoms with Crippen molar-refractivity contribution in [2.75, 3.05) is 11.0 Å². The lowest BCUT2D eigenvalue weighted by molar-refractivity contribution is 0.595. The molecule has 0 radical (unpaired) electrons. The van der Waals surface area contributed by atoms with E-state index in [1.807, 2.05) is 0 Å². The molecule has 4 nitrogen and oxygen atoms in total. The fourth-order valence-electron chi connectivity index (χ4n) is 1.80. The summed E-state index contributed by atoms with van der Waals surface area (Å²) in [6, 6.07) is 6.87. The molecule has 0 fully saturated rings. The van der Waals surface area contributed by atoms with E-state index in [0.717, 1.165) is 18.2 Å². The summed E-state index contributed by atoms with van der Waals surface area (Å²) in [5, 5.41) is 0. The van der Waals surface area contributed by atoms with E-state index in [-0.39, 0.29) is 21.0 Å². The molecule has 118 valence electrons. The quantitative estimate of drug-likeness (QED) is 0.927. The van der Waals surface area contributed by atoms with Crippen molar-refractivity contribution in [2.45, 2.75) is 16.7 Å². The maximum absolute atomic E-state index is 13.7. The van der Waals surface area contributed by atoms with E-state index < -0.39 is 32.5 Å². The number of rotatable bonds is 4.